The molecule has 0 radical (unpaired) electrons. The van der Waals surface area contributed by atoms with Crippen molar-refractivity contribution in [2.24, 2.45) is 11.3 Å². The number of rotatable bonds is 1. The van der Waals surface area contributed by atoms with Gasteiger partial charge in [0, 0.05) is 6.42 Å². The molecular weight excluding hydrogens is 180 g/mol. The summed E-state index contributed by atoms with van der Waals surface area (Å²) in [7, 11) is 0. The molecule has 0 aromatic rings. The van der Waals surface area contributed by atoms with E-state index in [1.165, 1.54) is 0 Å². The number of hydrogen-bond donors (Lipinski definition) is 0. The number of Topliss-reactive ketones (excluding diaryl/α,β-unsaturated/α-hetero) is 1. The highest BCUT2D eigenvalue weighted by Gasteiger charge is 2.34. The Morgan fingerprint density at radius 3 is 2.46 bits per heavy atom. The van der Waals surface area contributed by atoms with Gasteiger partial charge < -0.3 is 0 Å². The summed E-state index contributed by atoms with van der Waals surface area (Å²) in [5.41, 5.74) is 0.370. The second-order valence-corrected chi connectivity index (χ2v) is 6.07. The van der Waals surface area contributed by atoms with E-state index in [-0.39, 0.29) is 5.25 Å². The molecule has 1 aliphatic rings. The van der Waals surface area contributed by atoms with Crippen molar-refractivity contribution in [2.75, 3.05) is 6.26 Å². The topological polar surface area (TPSA) is 17.1 Å². The molecular formula is C11H20OS. The third-order valence-electron chi connectivity index (χ3n) is 3.11. The van der Waals surface area contributed by atoms with Crippen LogP contribution < -0.4 is 0 Å². The third kappa shape index (κ3) is 2.73. The summed E-state index contributed by atoms with van der Waals surface area (Å²) >= 11 is 1.72. The second-order valence-electron chi connectivity index (χ2n) is 5.03. The Bertz CT molecular complexity index is 193. The van der Waals surface area contributed by atoms with E-state index in [1.54, 1.807) is 11.8 Å². The van der Waals surface area contributed by atoms with E-state index in [0.717, 1.165) is 25.2 Å². The van der Waals surface area contributed by atoms with Gasteiger partial charge in [0.25, 0.3) is 0 Å². The molecule has 0 amide bonds. The van der Waals surface area contributed by atoms with Crippen LogP contribution in [0.3, 0.4) is 0 Å². The van der Waals surface area contributed by atoms with Gasteiger partial charge in [0.05, 0.1) is 5.25 Å². The molecule has 1 rings (SSSR count). The predicted molar refractivity (Wildman–Crippen MR) is 59.1 cm³/mol. The Labute approximate surface area is 85.7 Å². The van der Waals surface area contributed by atoms with Crippen LogP contribution in [0.25, 0.3) is 0 Å². The van der Waals surface area contributed by atoms with Crippen LogP contribution in [0, 0.1) is 11.3 Å². The summed E-state index contributed by atoms with van der Waals surface area (Å²) in [4.78, 5) is 11.5. The molecule has 0 heterocycles. The Balaban J connectivity index is 2.60. The van der Waals surface area contributed by atoms with Gasteiger partial charge in [0.15, 0.2) is 0 Å². The highest BCUT2D eigenvalue weighted by atomic mass is 32.2. The first-order valence-corrected chi connectivity index (χ1v) is 6.29. The molecule has 0 spiro atoms. The quantitative estimate of drug-likeness (QED) is 0.647. The number of carbonyl (C=O) groups is 1. The molecule has 2 heteroatoms. The predicted octanol–water partition coefficient (Wildman–Crippen LogP) is 3.13. The molecule has 76 valence electrons. The first-order chi connectivity index (χ1) is 5.95. The monoisotopic (exact) mass is 200 g/mol. The number of hydrogen-bond acceptors (Lipinski definition) is 2. The van der Waals surface area contributed by atoms with Crippen LogP contribution in [0.4, 0.5) is 0 Å². The van der Waals surface area contributed by atoms with Crippen LogP contribution in [0.2, 0.25) is 0 Å². The Kier molecular flexibility index (Phi) is 3.44. The Hall–Kier alpha value is 0.0200. The lowest BCUT2D eigenvalue weighted by atomic mass is 9.72. The molecule has 0 aromatic heterocycles. The largest absolute Gasteiger partial charge is 0.298 e. The van der Waals surface area contributed by atoms with E-state index >= 15 is 0 Å². The molecule has 0 aromatic carbocycles. The average Bonchev–Trinajstić information content (AvgIpc) is 2.03. The van der Waals surface area contributed by atoms with E-state index in [1.807, 2.05) is 6.26 Å². The van der Waals surface area contributed by atoms with Gasteiger partial charge in [-0.3, -0.25) is 4.79 Å². The second kappa shape index (κ2) is 4.04. The molecule has 1 fully saturated rings. The summed E-state index contributed by atoms with van der Waals surface area (Å²) in [5, 5.41) is 0.276. The molecule has 0 unspecified atom stereocenters. The SMILES string of the molecule is CS[C@H]1C[C@H](C(C)(C)C)CCC1=O. The molecule has 0 saturated heterocycles. The summed E-state index contributed by atoms with van der Waals surface area (Å²) in [5.74, 6) is 1.19. The van der Waals surface area contributed by atoms with Gasteiger partial charge in [0.2, 0.25) is 0 Å². The maximum Gasteiger partial charge on any atom is 0.145 e. The van der Waals surface area contributed by atoms with Crippen molar-refractivity contribution >= 4 is 17.5 Å². The fraction of sp³-hybridized carbons (Fsp3) is 0.909. The van der Waals surface area contributed by atoms with Gasteiger partial charge in [-0.25, -0.2) is 0 Å². The number of ketones is 1. The first kappa shape index (κ1) is 11.1. The van der Waals surface area contributed by atoms with Crippen LogP contribution in [-0.4, -0.2) is 17.3 Å². The normalized spacial score (nSPS) is 30.6. The van der Waals surface area contributed by atoms with Gasteiger partial charge in [-0.2, -0.15) is 11.8 Å². The molecule has 2 atom stereocenters. The molecule has 0 N–H and O–H groups in total. The highest BCUT2D eigenvalue weighted by molar-refractivity contribution is 7.99. The zero-order chi connectivity index (χ0) is 10.1. The van der Waals surface area contributed by atoms with Crippen LogP contribution >= 0.6 is 11.8 Å². The maximum atomic E-state index is 11.5. The van der Waals surface area contributed by atoms with E-state index in [4.69, 9.17) is 0 Å². The summed E-state index contributed by atoms with van der Waals surface area (Å²) in [6, 6.07) is 0. The number of thioether (sulfide) groups is 1. The molecule has 0 bridgehead atoms. The Morgan fingerprint density at radius 2 is 2.00 bits per heavy atom. The minimum absolute atomic E-state index is 0.276. The smallest absolute Gasteiger partial charge is 0.145 e. The third-order valence-corrected chi connectivity index (χ3v) is 4.13. The minimum atomic E-state index is 0.276. The van der Waals surface area contributed by atoms with Crippen molar-refractivity contribution in [3.63, 3.8) is 0 Å². The van der Waals surface area contributed by atoms with Crippen molar-refractivity contribution in [1.29, 1.82) is 0 Å². The lowest BCUT2D eigenvalue weighted by Crippen LogP contribution is -2.33. The minimum Gasteiger partial charge on any atom is -0.298 e. The van der Waals surface area contributed by atoms with Crippen molar-refractivity contribution in [3.8, 4) is 0 Å². The Morgan fingerprint density at radius 1 is 1.38 bits per heavy atom. The van der Waals surface area contributed by atoms with E-state index in [9.17, 15) is 4.79 Å². The van der Waals surface area contributed by atoms with Gasteiger partial charge >= 0.3 is 0 Å². The summed E-state index contributed by atoms with van der Waals surface area (Å²) in [6.45, 7) is 6.85. The van der Waals surface area contributed by atoms with E-state index < -0.39 is 0 Å². The van der Waals surface area contributed by atoms with Gasteiger partial charge in [-0.05, 0) is 30.4 Å². The average molecular weight is 200 g/mol. The van der Waals surface area contributed by atoms with E-state index in [2.05, 4.69) is 20.8 Å². The molecule has 1 nitrogen and oxygen atoms in total. The van der Waals surface area contributed by atoms with Crippen LogP contribution in [0.5, 0.6) is 0 Å². The first-order valence-electron chi connectivity index (χ1n) is 5.00. The standard InChI is InChI=1S/C11H20OS/c1-11(2,3)8-5-6-9(12)10(7-8)13-4/h8,10H,5-7H2,1-4H3/t8-,10+/m1/s1. The van der Waals surface area contributed by atoms with Crippen molar-refractivity contribution in [1.82, 2.24) is 0 Å². The fourth-order valence-electron chi connectivity index (χ4n) is 2.00. The van der Waals surface area contributed by atoms with Crippen LogP contribution in [-0.2, 0) is 4.79 Å². The summed E-state index contributed by atoms with van der Waals surface area (Å²) < 4.78 is 0. The molecule has 0 aliphatic heterocycles. The van der Waals surface area contributed by atoms with Crippen molar-refractivity contribution < 1.29 is 4.79 Å². The van der Waals surface area contributed by atoms with Crippen LogP contribution in [0.1, 0.15) is 40.0 Å². The van der Waals surface area contributed by atoms with Gasteiger partial charge in [0.1, 0.15) is 5.78 Å². The molecule has 1 saturated carbocycles. The highest BCUT2D eigenvalue weighted by Crippen LogP contribution is 2.39. The van der Waals surface area contributed by atoms with Crippen molar-refractivity contribution in [2.45, 2.75) is 45.3 Å². The van der Waals surface area contributed by atoms with Gasteiger partial charge in [-0.15, -0.1) is 0 Å². The molecule has 13 heavy (non-hydrogen) atoms. The van der Waals surface area contributed by atoms with Crippen LogP contribution in [0.15, 0.2) is 0 Å². The maximum absolute atomic E-state index is 11.5. The molecule has 1 aliphatic carbocycles. The fourth-order valence-corrected chi connectivity index (χ4v) is 2.80. The lowest BCUT2D eigenvalue weighted by molar-refractivity contribution is -0.121. The lowest BCUT2D eigenvalue weighted by Gasteiger charge is -2.36. The summed E-state index contributed by atoms with van der Waals surface area (Å²) in [6.07, 6.45) is 5.03. The van der Waals surface area contributed by atoms with Crippen molar-refractivity contribution in [3.05, 3.63) is 0 Å². The van der Waals surface area contributed by atoms with E-state index in [0.29, 0.717) is 11.2 Å². The van der Waals surface area contributed by atoms with Gasteiger partial charge in [-0.1, -0.05) is 20.8 Å². The zero-order valence-corrected chi connectivity index (χ0v) is 9.91. The zero-order valence-electron chi connectivity index (χ0n) is 9.09. The number of carbonyl (C=O) groups excluding carboxylic acids is 1.